The molecule has 4 nitrogen and oxygen atoms in total. The fourth-order valence-electron chi connectivity index (χ4n) is 3.06. The number of aliphatic imine (C=N–C) groups is 1. The van der Waals surface area contributed by atoms with Crippen molar-refractivity contribution in [2.75, 3.05) is 0 Å². The maximum Gasteiger partial charge on any atom is 0.283 e. The van der Waals surface area contributed by atoms with Gasteiger partial charge in [-0.1, -0.05) is 80.2 Å². The predicted octanol–water partition coefficient (Wildman–Crippen LogP) is 5.11. The lowest BCUT2D eigenvalue weighted by atomic mass is 10.0. The highest BCUT2D eigenvalue weighted by atomic mass is 32.2. The Labute approximate surface area is 162 Å². The normalized spacial score (nSPS) is 18.0. The molecule has 27 heavy (non-hydrogen) atoms. The van der Waals surface area contributed by atoms with Gasteiger partial charge in [-0.3, -0.25) is 15.1 Å². The summed E-state index contributed by atoms with van der Waals surface area (Å²) in [7, 11) is 0. The predicted molar refractivity (Wildman–Crippen MR) is 113 cm³/mol. The summed E-state index contributed by atoms with van der Waals surface area (Å²) in [6.45, 7) is 4.29. The van der Waals surface area contributed by atoms with Crippen LogP contribution in [-0.2, 0) is 4.79 Å². The summed E-state index contributed by atoms with van der Waals surface area (Å²) < 4.78 is 0. The molecule has 0 saturated carbocycles. The Morgan fingerprint density at radius 2 is 1.78 bits per heavy atom. The minimum atomic E-state index is -0.366. The Hall–Kier alpha value is -2.92. The van der Waals surface area contributed by atoms with Crippen LogP contribution in [0.3, 0.4) is 0 Å². The lowest BCUT2D eigenvalue weighted by molar-refractivity contribution is -0.114. The monoisotopic (exact) mass is 373 g/mol. The quantitative estimate of drug-likeness (QED) is 0.760. The second-order valence-electron chi connectivity index (χ2n) is 6.75. The zero-order valence-electron chi connectivity index (χ0n) is 15.1. The first-order valence-corrected chi connectivity index (χ1v) is 9.68. The number of amidine groups is 2. The number of hydrogen-bond donors (Lipinski definition) is 1. The Morgan fingerprint density at radius 3 is 2.44 bits per heavy atom. The van der Waals surface area contributed by atoms with E-state index in [9.17, 15) is 4.79 Å². The number of rotatable bonds is 3. The van der Waals surface area contributed by atoms with Gasteiger partial charge in [-0.25, -0.2) is 0 Å². The third-order valence-corrected chi connectivity index (χ3v) is 5.42. The van der Waals surface area contributed by atoms with Crippen molar-refractivity contribution in [2.24, 2.45) is 4.99 Å². The molecule has 0 atom stereocenters. The molecule has 2 heterocycles. The van der Waals surface area contributed by atoms with E-state index in [0.29, 0.717) is 16.7 Å². The number of carbonyl (C=O) groups is 1. The van der Waals surface area contributed by atoms with Crippen molar-refractivity contribution in [3.63, 3.8) is 0 Å². The van der Waals surface area contributed by atoms with Crippen molar-refractivity contribution in [1.82, 2.24) is 4.90 Å². The van der Waals surface area contributed by atoms with Crippen LogP contribution in [0.2, 0.25) is 0 Å². The first-order chi connectivity index (χ1) is 13.0. The maximum atomic E-state index is 12.5. The molecule has 1 amide bonds. The Balaban J connectivity index is 1.69. The Morgan fingerprint density at radius 1 is 1.07 bits per heavy atom. The molecule has 2 aliphatic rings. The molecule has 0 aliphatic carbocycles. The Bertz CT molecular complexity index is 1000. The topological polar surface area (TPSA) is 56.5 Å². The highest BCUT2D eigenvalue weighted by Gasteiger charge is 2.36. The van der Waals surface area contributed by atoms with Crippen molar-refractivity contribution in [3.05, 3.63) is 82.3 Å². The van der Waals surface area contributed by atoms with Gasteiger partial charge in [0.15, 0.2) is 5.17 Å². The van der Waals surface area contributed by atoms with Crippen molar-refractivity contribution in [3.8, 4) is 0 Å². The van der Waals surface area contributed by atoms with E-state index in [2.05, 4.69) is 31.0 Å². The van der Waals surface area contributed by atoms with Crippen LogP contribution in [0.15, 0.2) is 70.6 Å². The molecule has 2 aliphatic heterocycles. The van der Waals surface area contributed by atoms with Crippen LogP contribution < -0.4 is 0 Å². The van der Waals surface area contributed by atoms with Crippen LogP contribution in [0.25, 0.3) is 11.8 Å². The zero-order chi connectivity index (χ0) is 19.0. The van der Waals surface area contributed by atoms with Gasteiger partial charge in [-0.05, 0) is 28.7 Å². The summed E-state index contributed by atoms with van der Waals surface area (Å²) in [6.07, 6.45) is 1.75. The molecular formula is C22H19N3OS. The van der Waals surface area contributed by atoms with Gasteiger partial charge in [0.2, 0.25) is 0 Å². The molecule has 5 heteroatoms. The van der Waals surface area contributed by atoms with Gasteiger partial charge in [0.05, 0.1) is 11.3 Å². The second-order valence-corrected chi connectivity index (χ2v) is 7.59. The van der Waals surface area contributed by atoms with Gasteiger partial charge in [0, 0.05) is 5.41 Å². The fourth-order valence-corrected chi connectivity index (χ4v) is 3.95. The molecule has 0 bridgehead atoms. The number of carbonyl (C=O) groups excluding carboxylic acids is 1. The first kappa shape index (κ1) is 17.5. The molecule has 2 aromatic carbocycles. The molecular weight excluding hydrogens is 354 g/mol. The number of nitrogens with zero attached hydrogens (tertiary/aromatic N) is 2. The summed E-state index contributed by atoms with van der Waals surface area (Å²) in [5.74, 6) is 0.251. The zero-order valence-corrected chi connectivity index (χ0v) is 16.0. The summed E-state index contributed by atoms with van der Waals surface area (Å²) in [6, 6.07) is 17.9. The van der Waals surface area contributed by atoms with E-state index in [1.54, 1.807) is 11.0 Å². The van der Waals surface area contributed by atoms with Crippen LogP contribution in [0.5, 0.6) is 0 Å². The highest BCUT2D eigenvalue weighted by Crippen LogP contribution is 2.37. The molecule has 4 rings (SSSR count). The van der Waals surface area contributed by atoms with E-state index in [0.717, 1.165) is 16.8 Å². The van der Waals surface area contributed by atoms with Crippen LogP contribution >= 0.6 is 11.8 Å². The van der Waals surface area contributed by atoms with Crippen LogP contribution in [0.1, 0.15) is 36.5 Å². The molecule has 2 aromatic rings. The molecule has 1 N–H and O–H groups in total. The summed E-state index contributed by atoms with van der Waals surface area (Å²) in [5, 5.41) is 11.1. The minimum Gasteiger partial charge on any atom is -0.283 e. The number of nitrogens with one attached hydrogen (secondary N) is 1. The van der Waals surface area contributed by atoms with Gasteiger partial charge in [-0.2, -0.15) is 4.99 Å². The summed E-state index contributed by atoms with van der Waals surface area (Å²) in [5.41, 5.74) is 4.31. The molecule has 0 aromatic heterocycles. The van der Waals surface area contributed by atoms with Crippen LogP contribution in [-0.4, -0.2) is 21.8 Å². The van der Waals surface area contributed by atoms with Crippen LogP contribution in [0, 0.1) is 5.41 Å². The highest BCUT2D eigenvalue weighted by molar-refractivity contribution is 8.17. The van der Waals surface area contributed by atoms with Gasteiger partial charge < -0.3 is 0 Å². The van der Waals surface area contributed by atoms with E-state index in [1.165, 1.54) is 17.3 Å². The molecule has 0 unspecified atom stereocenters. The van der Waals surface area contributed by atoms with Crippen molar-refractivity contribution in [2.45, 2.75) is 19.8 Å². The van der Waals surface area contributed by atoms with E-state index in [-0.39, 0.29) is 11.7 Å². The summed E-state index contributed by atoms with van der Waals surface area (Å²) in [4.78, 5) is 18.5. The van der Waals surface area contributed by atoms with Gasteiger partial charge in [0.1, 0.15) is 5.84 Å². The molecule has 134 valence electrons. The molecule has 0 saturated heterocycles. The lowest BCUT2D eigenvalue weighted by Crippen LogP contribution is -2.38. The largest absolute Gasteiger partial charge is 0.283 e. The van der Waals surface area contributed by atoms with Crippen molar-refractivity contribution in [1.29, 1.82) is 5.41 Å². The van der Waals surface area contributed by atoms with E-state index >= 15 is 0 Å². The number of fused-ring (bicyclic) bond motifs is 1. The van der Waals surface area contributed by atoms with E-state index in [1.807, 2.05) is 47.9 Å². The lowest BCUT2D eigenvalue weighted by Gasteiger charge is -2.26. The van der Waals surface area contributed by atoms with Crippen molar-refractivity contribution >= 4 is 40.4 Å². The number of amides is 1. The Kier molecular flexibility index (Phi) is 4.54. The third kappa shape index (κ3) is 3.26. The van der Waals surface area contributed by atoms with Gasteiger partial charge in [-0.15, -0.1) is 0 Å². The van der Waals surface area contributed by atoms with E-state index in [4.69, 9.17) is 5.41 Å². The van der Waals surface area contributed by atoms with Gasteiger partial charge >= 0.3 is 0 Å². The third-order valence-electron chi connectivity index (χ3n) is 4.60. The molecule has 0 fully saturated rings. The number of hydrogen-bond acceptors (Lipinski definition) is 3. The second kappa shape index (κ2) is 7.00. The standard InChI is InChI=1S/C22H19N3OS/c1-14(2)16-10-8-15(9-11-16)12-18-20(23)25-19(17-6-4-3-5-7-17)13-27-22(25)24-21(18)26/h3-14,23H,1-2H3. The fraction of sp³-hybridized carbons (Fsp3) is 0.136. The smallest absolute Gasteiger partial charge is 0.283 e. The van der Waals surface area contributed by atoms with E-state index < -0.39 is 0 Å². The maximum absolute atomic E-state index is 12.5. The number of benzene rings is 2. The average molecular weight is 373 g/mol. The van der Waals surface area contributed by atoms with Crippen LogP contribution in [0.4, 0.5) is 0 Å². The summed E-state index contributed by atoms with van der Waals surface area (Å²) >= 11 is 1.38. The minimum absolute atomic E-state index is 0.165. The molecule has 0 spiro atoms. The average Bonchev–Trinajstić information content (AvgIpc) is 3.10. The van der Waals surface area contributed by atoms with Gasteiger partial charge in [0.25, 0.3) is 5.91 Å². The molecule has 0 radical (unpaired) electrons. The first-order valence-electron chi connectivity index (χ1n) is 8.80. The van der Waals surface area contributed by atoms with Crippen molar-refractivity contribution < 1.29 is 4.79 Å². The SMILES string of the molecule is CC(C)c1ccc(C=C2C(=N)N3C(c4ccccc4)=CSC3=NC2=O)cc1. The number of thioether (sulfide) groups is 1.